The molecule has 0 radical (unpaired) electrons. The number of rotatable bonds is 5. The molecule has 8 heteroatoms. The standard InChI is InChI=1S/C29H35N7O/c1-7-9-14-34-18-26-29(32-34)25(15-27(37)33(26)6)35-17-22(8-2)36(16-19(35)3)21(5)28-20(4)30-23-12-10-11-13-24(23)31-28/h10-13,15,18-19,21-22H,8,14,16-17H2,1-6H3/t19-,21+,22+/m0/s1. The van der Waals surface area contributed by atoms with Crippen LogP contribution < -0.4 is 10.5 Å². The van der Waals surface area contributed by atoms with E-state index in [1.165, 1.54) is 0 Å². The SMILES string of the molecule is CC#CCn1cc2c(n1)c(N1C[C@@H](CC)N([C@H](C)c3nc4ccccc4nc3C)C[C@@H]1C)cc(=O)n2C. The van der Waals surface area contributed by atoms with Gasteiger partial charge < -0.3 is 9.47 Å². The first-order chi connectivity index (χ1) is 17.8. The quantitative estimate of drug-likeness (QED) is 0.387. The maximum Gasteiger partial charge on any atom is 0.252 e. The molecule has 0 spiro atoms. The van der Waals surface area contributed by atoms with Crippen LogP contribution in [0.5, 0.6) is 0 Å². The second kappa shape index (κ2) is 9.98. The Morgan fingerprint density at radius 3 is 2.59 bits per heavy atom. The first-order valence-corrected chi connectivity index (χ1v) is 13.0. The lowest BCUT2D eigenvalue weighted by Gasteiger charge is -2.48. The molecule has 0 saturated carbocycles. The molecule has 3 aromatic heterocycles. The van der Waals surface area contributed by atoms with Crippen molar-refractivity contribution in [3.05, 3.63) is 58.3 Å². The highest BCUT2D eigenvalue weighted by atomic mass is 16.1. The maximum atomic E-state index is 12.9. The summed E-state index contributed by atoms with van der Waals surface area (Å²) in [6, 6.07) is 10.4. The predicted molar refractivity (Wildman–Crippen MR) is 149 cm³/mol. The number of aryl methyl sites for hydroxylation is 2. The van der Waals surface area contributed by atoms with E-state index in [9.17, 15) is 4.79 Å². The molecular formula is C29H35N7O. The summed E-state index contributed by atoms with van der Waals surface area (Å²) in [4.78, 5) is 27.7. The molecule has 5 rings (SSSR count). The van der Waals surface area contributed by atoms with E-state index in [-0.39, 0.29) is 17.6 Å². The van der Waals surface area contributed by atoms with Crippen LogP contribution in [0.15, 0.2) is 41.3 Å². The minimum absolute atomic E-state index is 0.0262. The zero-order chi connectivity index (χ0) is 26.3. The Labute approximate surface area is 217 Å². The molecule has 1 aliphatic rings. The van der Waals surface area contributed by atoms with Crippen molar-refractivity contribution in [1.82, 2.24) is 29.2 Å². The molecule has 0 bridgehead atoms. The summed E-state index contributed by atoms with van der Waals surface area (Å²) in [6.07, 6.45) is 2.91. The Hall–Kier alpha value is -3.70. The van der Waals surface area contributed by atoms with Gasteiger partial charge in [0, 0.05) is 38.3 Å². The minimum atomic E-state index is -0.0262. The molecule has 37 heavy (non-hydrogen) atoms. The second-order valence-electron chi connectivity index (χ2n) is 10.0. The average Bonchev–Trinajstić information content (AvgIpc) is 3.33. The van der Waals surface area contributed by atoms with Gasteiger partial charge in [0.25, 0.3) is 5.56 Å². The Morgan fingerprint density at radius 2 is 1.89 bits per heavy atom. The molecular weight excluding hydrogens is 462 g/mol. The lowest BCUT2D eigenvalue weighted by atomic mass is 9.99. The first-order valence-electron chi connectivity index (χ1n) is 13.0. The van der Waals surface area contributed by atoms with Crippen molar-refractivity contribution >= 4 is 27.8 Å². The molecule has 1 fully saturated rings. The van der Waals surface area contributed by atoms with Gasteiger partial charge in [-0.1, -0.05) is 25.0 Å². The van der Waals surface area contributed by atoms with E-state index < -0.39 is 0 Å². The van der Waals surface area contributed by atoms with Crippen molar-refractivity contribution in [1.29, 1.82) is 0 Å². The third-order valence-corrected chi connectivity index (χ3v) is 7.69. The predicted octanol–water partition coefficient (Wildman–Crippen LogP) is 4.06. The van der Waals surface area contributed by atoms with Gasteiger partial charge in [0.15, 0.2) is 0 Å². The van der Waals surface area contributed by atoms with Crippen LogP contribution in [0.25, 0.3) is 22.1 Å². The average molecular weight is 498 g/mol. The summed E-state index contributed by atoms with van der Waals surface area (Å²) in [6.45, 7) is 12.7. The van der Waals surface area contributed by atoms with Gasteiger partial charge in [-0.25, -0.2) is 9.97 Å². The third-order valence-electron chi connectivity index (χ3n) is 7.69. The fourth-order valence-electron chi connectivity index (χ4n) is 5.59. The third kappa shape index (κ3) is 4.49. The number of piperazine rings is 1. The monoisotopic (exact) mass is 497 g/mol. The van der Waals surface area contributed by atoms with E-state index in [1.54, 1.807) is 17.7 Å². The highest BCUT2D eigenvalue weighted by Crippen LogP contribution is 2.34. The lowest BCUT2D eigenvalue weighted by molar-refractivity contribution is 0.103. The molecule has 1 aromatic carbocycles. The van der Waals surface area contributed by atoms with Gasteiger partial charge in [-0.05, 0) is 46.2 Å². The number of pyridine rings is 1. The number of benzene rings is 1. The number of hydrogen-bond donors (Lipinski definition) is 0. The Morgan fingerprint density at radius 1 is 1.16 bits per heavy atom. The first kappa shape index (κ1) is 25.0. The van der Waals surface area contributed by atoms with E-state index in [1.807, 2.05) is 42.1 Å². The maximum absolute atomic E-state index is 12.9. The number of hydrogen-bond acceptors (Lipinski definition) is 6. The van der Waals surface area contributed by atoms with E-state index in [0.29, 0.717) is 12.6 Å². The fourth-order valence-corrected chi connectivity index (χ4v) is 5.59. The van der Waals surface area contributed by atoms with Crippen molar-refractivity contribution in [2.45, 2.75) is 65.7 Å². The fraction of sp³-hybridized carbons (Fsp3) is 0.448. The zero-order valence-electron chi connectivity index (χ0n) is 22.6. The van der Waals surface area contributed by atoms with Crippen molar-refractivity contribution in [3.8, 4) is 11.8 Å². The van der Waals surface area contributed by atoms with Crippen LogP contribution in [-0.2, 0) is 13.6 Å². The van der Waals surface area contributed by atoms with Gasteiger partial charge in [0.2, 0.25) is 0 Å². The number of fused-ring (bicyclic) bond motifs is 2. The van der Waals surface area contributed by atoms with Crippen LogP contribution >= 0.6 is 0 Å². The Balaban J connectivity index is 1.49. The van der Waals surface area contributed by atoms with Crippen LogP contribution in [0, 0.1) is 18.8 Å². The summed E-state index contributed by atoms with van der Waals surface area (Å²) >= 11 is 0. The van der Waals surface area contributed by atoms with E-state index in [2.05, 4.69) is 49.3 Å². The zero-order valence-corrected chi connectivity index (χ0v) is 22.6. The minimum Gasteiger partial charge on any atom is -0.364 e. The summed E-state index contributed by atoms with van der Waals surface area (Å²) in [5, 5.41) is 4.84. The molecule has 4 heterocycles. The van der Waals surface area contributed by atoms with E-state index in [0.717, 1.165) is 58.7 Å². The smallest absolute Gasteiger partial charge is 0.252 e. The van der Waals surface area contributed by atoms with Gasteiger partial charge in [0.1, 0.15) is 12.1 Å². The van der Waals surface area contributed by atoms with Crippen LogP contribution in [0.4, 0.5) is 5.69 Å². The summed E-state index contributed by atoms with van der Waals surface area (Å²) in [7, 11) is 1.80. The number of nitrogens with zero attached hydrogens (tertiary/aromatic N) is 7. The molecule has 0 unspecified atom stereocenters. The van der Waals surface area contributed by atoms with E-state index >= 15 is 0 Å². The van der Waals surface area contributed by atoms with Crippen LogP contribution in [0.3, 0.4) is 0 Å². The molecule has 8 nitrogen and oxygen atoms in total. The number of anilines is 1. The number of para-hydroxylation sites is 2. The van der Waals surface area contributed by atoms with E-state index in [4.69, 9.17) is 15.1 Å². The summed E-state index contributed by atoms with van der Waals surface area (Å²) in [5.41, 5.74) is 6.43. The highest BCUT2D eigenvalue weighted by Gasteiger charge is 2.36. The van der Waals surface area contributed by atoms with Gasteiger partial charge in [0.05, 0.1) is 45.9 Å². The van der Waals surface area contributed by atoms with Crippen LogP contribution in [0.2, 0.25) is 0 Å². The van der Waals surface area contributed by atoms with Crippen molar-refractivity contribution in [3.63, 3.8) is 0 Å². The molecule has 1 saturated heterocycles. The molecule has 1 aliphatic heterocycles. The van der Waals surface area contributed by atoms with Gasteiger partial charge in [-0.3, -0.25) is 14.4 Å². The van der Waals surface area contributed by atoms with Gasteiger partial charge in [-0.15, -0.1) is 5.92 Å². The molecule has 0 amide bonds. The molecule has 0 aliphatic carbocycles. The molecule has 0 N–H and O–H groups in total. The van der Waals surface area contributed by atoms with Gasteiger partial charge in [-0.2, -0.15) is 5.10 Å². The molecule has 192 valence electrons. The van der Waals surface area contributed by atoms with Crippen molar-refractivity contribution in [2.24, 2.45) is 7.05 Å². The second-order valence-corrected chi connectivity index (χ2v) is 10.0. The molecule has 4 aromatic rings. The van der Waals surface area contributed by atoms with Crippen LogP contribution in [0.1, 0.15) is 51.5 Å². The van der Waals surface area contributed by atoms with Crippen LogP contribution in [-0.4, -0.2) is 54.4 Å². The number of aromatic nitrogens is 5. The summed E-state index contributed by atoms with van der Waals surface area (Å²) < 4.78 is 3.49. The largest absolute Gasteiger partial charge is 0.364 e. The van der Waals surface area contributed by atoms with Crippen molar-refractivity contribution < 1.29 is 0 Å². The lowest BCUT2D eigenvalue weighted by Crippen LogP contribution is -2.58. The Kier molecular flexibility index (Phi) is 6.74. The van der Waals surface area contributed by atoms with Crippen molar-refractivity contribution in [2.75, 3.05) is 18.0 Å². The molecule has 3 atom stereocenters. The summed E-state index contributed by atoms with van der Waals surface area (Å²) in [5.74, 6) is 5.99. The topological polar surface area (TPSA) is 72.1 Å². The Bertz CT molecular complexity index is 1570. The normalized spacial score (nSPS) is 19.2. The highest BCUT2D eigenvalue weighted by molar-refractivity contribution is 5.88. The van der Waals surface area contributed by atoms with Gasteiger partial charge >= 0.3 is 0 Å².